The van der Waals surface area contributed by atoms with E-state index in [0.717, 1.165) is 33.3 Å². The Bertz CT molecular complexity index is 811. The summed E-state index contributed by atoms with van der Waals surface area (Å²) in [5.41, 5.74) is 2.19. The van der Waals surface area contributed by atoms with Gasteiger partial charge in [0.2, 0.25) is 0 Å². The highest BCUT2D eigenvalue weighted by atomic mass is 32.1. The van der Waals surface area contributed by atoms with Crippen LogP contribution in [0.4, 0.5) is 11.5 Å². The minimum atomic E-state index is 0.772. The van der Waals surface area contributed by atoms with Gasteiger partial charge in [0.25, 0.3) is 0 Å². The Hall–Kier alpha value is -2.14. The molecule has 1 N–H and O–H groups in total. The molecule has 0 saturated carbocycles. The van der Waals surface area contributed by atoms with Crippen molar-refractivity contribution in [2.24, 2.45) is 0 Å². The number of anilines is 2. The summed E-state index contributed by atoms with van der Waals surface area (Å²) in [6.07, 6.45) is 0. The number of rotatable bonds is 3. The first-order valence-corrected chi connectivity index (χ1v) is 7.55. The van der Waals surface area contributed by atoms with Gasteiger partial charge in [-0.15, -0.1) is 11.3 Å². The minimum absolute atomic E-state index is 0.772. The van der Waals surface area contributed by atoms with E-state index in [9.17, 15) is 0 Å². The van der Waals surface area contributed by atoms with Crippen LogP contribution in [0.3, 0.4) is 0 Å². The maximum absolute atomic E-state index is 5.26. The summed E-state index contributed by atoms with van der Waals surface area (Å²) in [6, 6.07) is 7.84. The number of ether oxygens (including phenoxy) is 1. The maximum Gasteiger partial charge on any atom is 0.143 e. The van der Waals surface area contributed by atoms with E-state index in [-0.39, 0.29) is 0 Å². The van der Waals surface area contributed by atoms with Crippen LogP contribution < -0.4 is 10.1 Å². The van der Waals surface area contributed by atoms with Gasteiger partial charge in [-0.25, -0.2) is 9.97 Å². The van der Waals surface area contributed by atoms with Crippen molar-refractivity contribution in [3.8, 4) is 5.75 Å². The van der Waals surface area contributed by atoms with Gasteiger partial charge in [-0.3, -0.25) is 0 Å². The van der Waals surface area contributed by atoms with Crippen LogP contribution in [0.5, 0.6) is 5.75 Å². The van der Waals surface area contributed by atoms with Crippen molar-refractivity contribution in [2.45, 2.75) is 20.8 Å². The molecule has 108 valence electrons. The molecule has 21 heavy (non-hydrogen) atoms. The normalized spacial score (nSPS) is 10.9. The summed E-state index contributed by atoms with van der Waals surface area (Å²) in [7, 11) is 1.67. The van der Waals surface area contributed by atoms with Gasteiger partial charge in [-0.05, 0) is 38.5 Å². The summed E-state index contributed by atoms with van der Waals surface area (Å²) in [5, 5.41) is 4.49. The third-order valence-electron chi connectivity index (χ3n) is 3.47. The highest BCUT2D eigenvalue weighted by Crippen LogP contribution is 2.34. The molecule has 1 aromatic carbocycles. The Balaban J connectivity index is 2.11. The summed E-state index contributed by atoms with van der Waals surface area (Å²) in [6.45, 7) is 6.15. The fraction of sp³-hybridized carbons (Fsp3) is 0.250. The molecule has 5 heteroatoms. The summed E-state index contributed by atoms with van der Waals surface area (Å²) in [5.74, 6) is 2.45. The highest BCUT2D eigenvalue weighted by Gasteiger charge is 2.13. The number of nitrogens with one attached hydrogen (secondary N) is 1. The largest absolute Gasteiger partial charge is 0.497 e. The van der Waals surface area contributed by atoms with E-state index in [0.29, 0.717) is 0 Å². The number of hydrogen-bond acceptors (Lipinski definition) is 5. The van der Waals surface area contributed by atoms with Gasteiger partial charge < -0.3 is 10.1 Å². The average Bonchev–Trinajstić information content (AvgIpc) is 2.74. The number of benzene rings is 1. The van der Waals surface area contributed by atoms with E-state index >= 15 is 0 Å². The van der Waals surface area contributed by atoms with E-state index < -0.39 is 0 Å². The summed E-state index contributed by atoms with van der Waals surface area (Å²) >= 11 is 1.71. The van der Waals surface area contributed by atoms with Crippen molar-refractivity contribution in [1.82, 2.24) is 9.97 Å². The maximum atomic E-state index is 5.26. The zero-order valence-electron chi connectivity index (χ0n) is 12.5. The lowest BCUT2D eigenvalue weighted by molar-refractivity contribution is 0.415. The average molecular weight is 299 g/mol. The van der Waals surface area contributed by atoms with E-state index in [4.69, 9.17) is 4.74 Å². The number of thiophene rings is 1. The van der Waals surface area contributed by atoms with Gasteiger partial charge >= 0.3 is 0 Å². The lowest BCUT2D eigenvalue weighted by Gasteiger charge is -2.09. The molecule has 0 atom stereocenters. The Kier molecular flexibility index (Phi) is 3.51. The molecular weight excluding hydrogens is 282 g/mol. The molecular formula is C16H17N3OS. The second kappa shape index (κ2) is 5.33. The van der Waals surface area contributed by atoms with Gasteiger partial charge in [0.1, 0.15) is 22.2 Å². The summed E-state index contributed by atoms with van der Waals surface area (Å²) in [4.78, 5) is 11.4. The molecule has 4 nitrogen and oxygen atoms in total. The first kappa shape index (κ1) is 13.8. The molecule has 3 aromatic rings. The second-order valence-electron chi connectivity index (χ2n) is 4.94. The number of methoxy groups -OCH3 is 1. The molecule has 3 rings (SSSR count). The molecule has 0 radical (unpaired) electrons. The predicted molar refractivity (Wildman–Crippen MR) is 87.9 cm³/mol. The fourth-order valence-corrected chi connectivity index (χ4v) is 3.36. The molecule has 0 saturated heterocycles. The predicted octanol–water partition coefficient (Wildman–Crippen LogP) is 4.37. The van der Waals surface area contributed by atoms with Crippen LogP contribution in [0.25, 0.3) is 10.2 Å². The van der Waals surface area contributed by atoms with Crippen molar-refractivity contribution >= 4 is 33.1 Å². The first-order chi connectivity index (χ1) is 10.1. The van der Waals surface area contributed by atoms with Gasteiger partial charge in [-0.1, -0.05) is 6.07 Å². The molecule has 0 aliphatic heterocycles. The van der Waals surface area contributed by atoms with Crippen LogP contribution in [0.2, 0.25) is 0 Å². The minimum Gasteiger partial charge on any atom is -0.497 e. The molecule has 2 aromatic heterocycles. The highest BCUT2D eigenvalue weighted by molar-refractivity contribution is 7.18. The number of nitrogens with zero attached hydrogens (tertiary/aromatic N) is 2. The molecule has 0 unspecified atom stereocenters. The second-order valence-corrected chi connectivity index (χ2v) is 6.14. The number of aryl methyl sites for hydroxylation is 3. The zero-order chi connectivity index (χ0) is 15.0. The SMILES string of the molecule is COc1cccc(Nc2nc(C)nc3sc(C)c(C)c23)c1. The van der Waals surface area contributed by atoms with E-state index in [1.54, 1.807) is 18.4 Å². The van der Waals surface area contributed by atoms with Gasteiger partial charge in [0.05, 0.1) is 12.5 Å². The monoisotopic (exact) mass is 299 g/mol. The van der Waals surface area contributed by atoms with Crippen molar-refractivity contribution < 1.29 is 4.74 Å². The molecule has 0 amide bonds. The number of aromatic nitrogens is 2. The Morgan fingerprint density at radius 3 is 2.71 bits per heavy atom. The number of hydrogen-bond donors (Lipinski definition) is 1. The third kappa shape index (κ3) is 2.56. The molecule has 0 aliphatic carbocycles. The van der Waals surface area contributed by atoms with Crippen LogP contribution in [0.15, 0.2) is 24.3 Å². The molecule has 0 aliphatic rings. The van der Waals surface area contributed by atoms with Crippen LogP contribution in [0.1, 0.15) is 16.3 Å². The third-order valence-corrected chi connectivity index (χ3v) is 4.57. The van der Waals surface area contributed by atoms with E-state index in [1.165, 1.54) is 10.4 Å². The molecule has 0 spiro atoms. The van der Waals surface area contributed by atoms with Crippen LogP contribution in [-0.2, 0) is 0 Å². The Morgan fingerprint density at radius 1 is 1.14 bits per heavy atom. The van der Waals surface area contributed by atoms with Crippen LogP contribution in [0, 0.1) is 20.8 Å². The standard InChI is InChI=1S/C16H17N3OS/c1-9-10(2)21-16-14(9)15(17-11(3)18-16)19-12-6-5-7-13(8-12)20-4/h5-8H,1-4H3,(H,17,18,19). The van der Waals surface area contributed by atoms with Crippen molar-refractivity contribution in [3.05, 3.63) is 40.5 Å². The van der Waals surface area contributed by atoms with E-state index in [1.807, 2.05) is 31.2 Å². The van der Waals surface area contributed by atoms with Crippen LogP contribution in [-0.4, -0.2) is 17.1 Å². The fourth-order valence-electron chi connectivity index (χ4n) is 2.28. The lowest BCUT2D eigenvalue weighted by Crippen LogP contribution is -1.98. The van der Waals surface area contributed by atoms with Crippen LogP contribution >= 0.6 is 11.3 Å². The van der Waals surface area contributed by atoms with Gasteiger partial charge in [0.15, 0.2) is 0 Å². The Morgan fingerprint density at radius 2 is 1.95 bits per heavy atom. The van der Waals surface area contributed by atoms with Crippen molar-refractivity contribution in [1.29, 1.82) is 0 Å². The summed E-state index contributed by atoms with van der Waals surface area (Å²) < 4.78 is 5.26. The molecule has 2 heterocycles. The first-order valence-electron chi connectivity index (χ1n) is 6.74. The zero-order valence-corrected chi connectivity index (χ0v) is 13.3. The quantitative estimate of drug-likeness (QED) is 0.780. The van der Waals surface area contributed by atoms with Crippen molar-refractivity contribution in [2.75, 3.05) is 12.4 Å². The lowest BCUT2D eigenvalue weighted by atomic mass is 10.2. The number of fused-ring (bicyclic) bond motifs is 1. The molecule has 0 fully saturated rings. The smallest absolute Gasteiger partial charge is 0.143 e. The Labute approximate surface area is 127 Å². The molecule has 0 bridgehead atoms. The van der Waals surface area contributed by atoms with Gasteiger partial charge in [0, 0.05) is 16.6 Å². The topological polar surface area (TPSA) is 47.0 Å². The van der Waals surface area contributed by atoms with Crippen molar-refractivity contribution in [3.63, 3.8) is 0 Å². The van der Waals surface area contributed by atoms with E-state index in [2.05, 4.69) is 29.1 Å². The van der Waals surface area contributed by atoms with Gasteiger partial charge in [-0.2, -0.15) is 0 Å².